The Morgan fingerprint density at radius 1 is 1.18 bits per heavy atom. The van der Waals surface area contributed by atoms with Crippen molar-refractivity contribution in [2.24, 2.45) is 0 Å². The SMILES string of the molecule is O=Cc1[nH]nc2ccc(-c3cccnc3)cc12. The van der Waals surface area contributed by atoms with E-state index >= 15 is 0 Å². The highest BCUT2D eigenvalue weighted by atomic mass is 16.1. The Balaban J connectivity index is 2.22. The molecule has 0 aliphatic heterocycles. The highest BCUT2D eigenvalue weighted by molar-refractivity contribution is 5.96. The van der Waals surface area contributed by atoms with E-state index in [1.54, 1.807) is 12.4 Å². The molecule has 0 unspecified atom stereocenters. The first-order chi connectivity index (χ1) is 8.38. The quantitative estimate of drug-likeness (QED) is 0.679. The van der Waals surface area contributed by atoms with Crippen LogP contribution in [0.3, 0.4) is 0 Å². The van der Waals surface area contributed by atoms with Crippen LogP contribution in [-0.2, 0) is 0 Å². The predicted octanol–water partition coefficient (Wildman–Crippen LogP) is 2.44. The lowest BCUT2D eigenvalue weighted by molar-refractivity contribution is 0.112. The summed E-state index contributed by atoms with van der Waals surface area (Å²) in [5, 5.41) is 7.60. The molecule has 2 aromatic heterocycles. The Morgan fingerprint density at radius 3 is 2.88 bits per heavy atom. The van der Waals surface area contributed by atoms with Crippen LogP contribution in [0.4, 0.5) is 0 Å². The zero-order valence-electron chi connectivity index (χ0n) is 8.92. The molecule has 1 N–H and O–H groups in total. The van der Waals surface area contributed by atoms with E-state index < -0.39 is 0 Å². The fourth-order valence-corrected chi connectivity index (χ4v) is 1.83. The van der Waals surface area contributed by atoms with E-state index in [1.165, 1.54) is 0 Å². The topological polar surface area (TPSA) is 58.6 Å². The summed E-state index contributed by atoms with van der Waals surface area (Å²) in [7, 11) is 0. The molecular weight excluding hydrogens is 214 g/mol. The van der Waals surface area contributed by atoms with Crippen molar-refractivity contribution in [3.63, 3.8) is 0 Å². The van der Waals surface area contributed by atoms with Gasteiger partial charge >= 0.3 is 0 Å². The van der Waals surface area contributed by atoms with Crippen molar-refractivity contribution in [3.8, 4) is 11.1 Å². The van der Waals surface area contributed by atoms with Gasteiger partial charge in [-0.1, -0.05) is 12.1 Å². The highest BCUT2D eigenvalue weighted by Crippen LogP contribution is 2.23. The molecule has 0 amide bonds. The lowest BCUT2D eigenvalue weighted by atomic mass is 10.1. The first-order valence-electron chi connectivity index (χ1n) is 5.22. The van der Waals surface area contributed by atoms with Gasteiger partial charge in [-0.05, 0) is 23.8 Å². The average molecular weight is 223 g/mol. The number of nitrogens with one attached hydrogen (secondary N) is 1. The van der Waals surface area contributed by atoms with Crippen molar-refractivity contribution >= 4 is 17.2 Å². The van der Waals surface area contributed by atoms with E-state index in [4.69, 9.17) is 0 Å². The molecule has 4 heteroatoms. The normalized spacial score (nSPS) is 10.6. The molecule has 0 fully saturated rings. The molecule has 0 atom stereocenters. The van der Waals surface area contributed by atoms with Gasteiger partial charge in [-0.15, -0.1) is 0 Å². The van der Waals surface area contributed by atoms with Gasteiger partial charge in [0.15, 0.2) is 6.29 Å². The van der Waals surface area contributed by atoms with E-state index in [-0.39, 0.29) is 0 Å². The highest BCUT2D eigenvalue weighted by Gasteiger charge is 2.06. The fraction of sp³-hybridized carbons (Fsp3) is 0. The van der Waals surface area contributed by atoms with E-state index in [1.807, 2.05) is 30.3 Å². The number of pyridine rings is 1. The van der Waals surface area contributed by atoms with Gasteiger partial charge in [0.2, 0.25) is 0 Å². The van der Waals surface area contributed by atoms with Gasteiger partial charge in [-0.3, -0.25) is 14.9 Å². The lowest BCUT2D eigenvalue weighted by Gasteiger charge is -2.00. The second-order valence-corrected chi connectivity index (χ2v) is 3.73. The van der Waals surface area contributed by atoms with Gasteiger partial charge in [-0.2, -0.15) is 5.10 Å². The van der Waals surface area contributed by atoms with E-state index in [9.17, 15) is 4.79 Å². The minimum absolute atomic E-state index is 0.505. The molecule has 4 nitrogen and oxygen atoms in total. The smallest absolute Gasteiger partial charge is 0.168 e. The number of rotatable bonds is 2. The fourth-order valence-electron chi connectivity index (χ4n) is 1.83. The molecule has 2 heterocycles. The second-order valence-electron chi connectivity index (χ2n) is 3.73. The van der Waals surface area contributed by atoms with Gasteiger partial charge in [0.25, 0.3) is 0 Å². The lowest BCUT2D eigenvalue weighted by Crippen LogP contribution is -1.81. The van der Waals surface area contributed by atoms with Crippen LogP contribution in [0, 0.1) is 0 Å². The maximum atomic E-state index is 10.8. The Labute approximate surface area is 97.3 Å². The first-order valence-corrected chi connectivity index (χ1v) is 5.22. The minimum atomic E-state index is 0.505. The van der Waals surface area contributed by atoms with Crippen molar-refractivity contribution < 1.29 is 4.79 Å². The maximum absolute atomic E-state index is 10.8. The van der Waals surface area contributed by atoms with Gasteiger partial charge < -0.3 is 0 Å². The second kappa shape index (κ2) is 3.83. The Bertz CT molecular complexity index is 673. The molecule has 0 bridgehead atoms. The van der Waals surface area contributed by atoms with Crippen molar-refractivity contribution in [2.45, 2.75) is 0 Å². The number of benzene rings is 1. The third kappa shape index (κ3) is 1.59. The summed E-state index contributed by atoms with van der Waals surface area (Å²) in [6.07, 6.45) is 4.31. The van der Waals surface area contributed by atoms with E-state index in [0.717, 1.165) is 28.3 Å². The van der Waals surface area contributed by atoms with Crippen LogP contribution in [0.5, 0.6) is 0 Å². The molecule has 0 saturated carbocycles. The number of carbonyl (C=O) groups excluding carboxylic acids is 1. The standard InChI is InChI=1S/C13H9N3O/c17-8-13-11-6-9(3-4-12(11)15-16-13)10-2-1-5-14-7-10/h1-8H,(H,15,16). The van der Waals surface area contributed by atoms with Crippen molar-refractivity contribution in [1.82, 2.24) is 15.2 Å². The first kappa shape index (κ1) is 9.72. The monoisotopic (exact) mass is 223 g/mol. The number of aromatic amines is 1. The Morgan fingerprint density at radius 2 is 2.12 bits per heavy atom. The summed E-state index contributed by atoms with van der Waals surface area (Å²) >= 11 is 0. The van der Waals surface area contributed by atoms with Crippen LogP contribution in [-0.4, -0.2) is 21.5 Å². The summed E-state index contributed by atoms with van der Waals surface area (Å²) in [6.45, 7) is 0. The molecule has 17 heavy (non-hydrogen) atoms. The average Bonchev–Trinajstić information content (AvgIpc) is 2.81. The Hall–Kier alpha value is -2.49. The van der Waals surface area contributed by atoms with Gasteiger partial charge in [0, 0.05) is 23.3 Å². The zero-order chi connectivity index (χ0) is 11.7. The molecule has 0 saturated heterocycles. The van der Waals surface area contributed by atoms with Crippen LogP contribution in [0.1, 0.15) is 10.5 Å². The van der Waals surface area contributed by atoms with Crippen LogP contribution in [0.25, 0.3) is 22.0 Å². The number of fused-ring (bicyclic) bond motifs is 1. The molecule has 0 radical (unpaired) electrons. The van der Waals surface area contributed by atoms with Crippen LogP contribution >= 0.6 is 0 Å². The van der Waals surface area contributed by atoms with Crippen LogP contribution in [0.2, 0.25) is 0 Å². The van der Waals surface area contributed by atoms with E-state index in [2.05, 4.69) is 15.2 Å². The van der Waals surface area contributed by atoms with Gasteiger partial charge in [-0.25, -0.2) is 0 Å². The number of H-pyrrole nitrogens is 1. The molecule has 3 rings (SSSR count). The third-order valence-electron chi connectivity index (χ3n) is 2.70. The number of hydrogen-bond donors (Lipinski definition) is 1. The predicted molar refractivity (Wildman–Crippen MR) is 64.7 cm³/mol. The number of aromatic nitrogens is 3. The van der Waals surface area contributed by atoms with Gasteiger partial charge in [0.1, 0.15) is 5.69 Å². The zero-order valence-corrected chi connectivity index (χ0v) is 8.92. The molecule has 0 spiro atoms. The third-order valence-corrected chi connectivity index (χ3v) is 2.70. The van der Waals surface area contributed by atoms with E-state index in [0.29, 0.717) is 5.69 Å². The molecule has 0 aliphatic carbocycles. The van der Waals surface area contributed by atoms with Crippen molar-refractivity contribution in [1.29, 1.82) is 0 Å². The number of nitrogens with zero attached hydrogens (tertiary/aromatic N) is 2. The van der Waals surface area contributed by atoms with Gasteiger partial charge in [0.05, 0.1) is 5.52 Å². The maximum Gasteiger partial charge on any atom is 0.168 e. The summed E-state index contributed by atoms with van der Waals surface area (Å²) in [5.41, 5.74) is 3.34. The summed E-state index contributed by atoms with van der Waals surface area (Å²) in [4.78, 5) is 14.9. The minimum Gasteiger partial charge on any atom is -0.296 e. The van der Waals surface area contributed by atoms with Crippen molar-refractivity contribution in [2.75, 3.05) is 0 Å². The summed E-state index contributed by atoms with van der Waals surface area (Å²) < 4.78 is 0. The van der Waals surface area contributed by atoms with Crippen LogP contribution in [0.15, 0.2) is 42.7 Å². The summed E-state index contributed by atoms with van der Waals surface area (Å²) in [6, 6.07) is 9.67. The summed E-state index contributed by atoms with van der Waals surface area (Å²) in [5.74, 6) is 0. The number of carbonyl (C=O) groups is 1. The number of hydrogen-bond acceptors (Lipinski definition) is 3. The molecule has 0 aliphatic rings. The molecule has 3 aromatic rings. The molecule has 82 valence electrons. The number of aldehydes is 1. The molecule has 1 aromatic carbocycles. The van der Waals surface area contributed by atoms with Crippen molar-refractivity contribution in [3.05, 3.63) is 48.4 Å². The van der Waals surface area contributed by atoms with Crippen LogP contribution < -0.4 is 0 Å². The Kier molecular flexibility index (Phi) is 2.19. The largest absolute Gasteiger partial charge is 0.296 e. The molecular formula is C13H9N3O.